The molecule has 0 radical (unpaired) electrons. The largest absolute Gasteiger partial charge is 0.302 e. The topological polar surface area (TPSA) is 52.0 Å². The van der Waals surface area contributed by atoms with E-state index in [-0.39, 0.29) is 0 Å². The Labute approximate surface area is 89.1 Å². The van der Waals surface area contributed by atoms with Gasteiger partial charge in [0.25, 0.3) is 0 Å². The first-order valence-electron chi connectivity index (χ1n) is 5.09. The molecule has 0 atom stereocenters. The second-order valence-corrected chi connectivity index (χ2v) is 3.98. The van der Waals surface area contributed by atoms with Crippen molar-refractivity contribution in [1.82, 2.24) is 4.90 Å². The Balaban J connectivity index is 2.22. The van der Waals surface area contributed by atoms with E-state index in [1.165, 1.54) is 11.1 Å². The first kappa shape index (κ1) is 10.0. The molecule has 78 valence electrons. The molecule has 2 rings (SSSR count). The third-order valence-corrected chi connectivity index (χ3v) is 2.79. The van der Waals surface area contributed by atoms with E-state index < -0.39 is 0 Å². The summed E-state index contributed by atoms with van der Waals surface area (Å²) in [6, 6.07) is 6.36. The normalized spacial score (nSPS) is 15.5. The van der Waals surface area contributed by atoms with Crippen LogP contribution in [0.2, 0.25) is 0 Å². The van der Waals surface area contributed by atoms with Gasteiger partial charge < -0.3 is 4.90 Å². The minimum atomic E-state index is 0.458. The van der Waals surface area contributed by atoms with Crippen molar-refractivity contribution < 1.29 is 0 Å². The van der Waals surface area contributed by atoms with Crippen molar-refractivity contribution in [2.75, 3.05) is 13.6 Å². The second-order valence-electron chi connectivity index (χ2n) is 3.98. The van der Waals surface area contributed by atoms with Crippen molar-refractivity contribution in [3.63, 3.8) is 0 Å². The molecule has 0 aromatic heterocycles. The second kappa shape index (κ2) is 4.34. The van der Waals surface area contributed by atoms with Crippen LogP contribution in [0.25, 0.3) is 10.4 Å². The number of hydrogen-bond acceptors (Lipinski definition) is 2. The SMILES string of the molecule is CN1CCc2cc(CN=[N+]=[N-])ccc2C1. The molecule has 1 aliphatic heterocycles. The number of hydrogen-bond donors (Lipinski definition) is 0. The average molecular weight is 202 g/mol. The molecule has 0 saturated heterocycles. The Morgan fingerprint density at radius 1 is 1.47 bits per heavy atom. The molecular formula is C11H14N4. The smallest absolute Gasteiger partial charge is 0.0510 e. The summed E-state index contributed by atoms with van der Waals surface area (Å²) in [6.07, 6.45) is 1.09. The van der Waals surface area contributed by atoms with Crippen LogP contribution in [0.5, 0.6) is 0 Å². The fourth-order valence-electron chi connectivity index (χ4n) is 1.96. The van der Waals surface area contributed by atoms with Crippen LogP contribution < -0.4 is 0 Å². The van der Waals surface area contributed by atoms with Gasteiger partial charge in [-0.05, 0) is 35.7 Å². The van der Waals surface area contributed by atoms with E-state index in [0.717, 1.165) is 25.1 Å². The van der Waals surface area contributed by atoms with Crippen LogP contribution in [0.3, 0.4) is 0 Å². The van der Waals surface area contributed by atoms with Gasteiger partial charge in [-0.25, -0.2) is 0 Å². The Hall–Kier alpha value is -1.51. The van der Waals surface area contributed by atoms with E-state index in [9.17, 15) is 0 Å². The minimum absolute atomic E-state index is 0.458. The number of likely N-dealkylation sites (N-methyl/N-ethyl adjacent to an activating group) is 1. The first-order chi connectivity index (χ1) is 7.29. The zero-order chi connectivity index (χ0) is 10.7. The molecule has 0 unspecified atom stereocenters. The molecule has 0 N–H and O–H groups in total. The van der Waals surface area contributed by atoms with Gasteiger partial charge in [-0.1, -0.05) is 23.3 Å². The Bertz CT molecular complexity index is 407. The highest BCUT2D eigenvalue weighted by Crippen LogP contribution is 2.19. The van der Waals surface area contributed by atoms with E-state index in [2.05, 4.69) is 34.1 Å². The van der Waals surface area contributed by atoms with Crippen molar-refractivity contribution >= 4 is 0 Å². The highest BCUT2D eigenvalue weighted by Gasteiger charge is 2.12. The van der Waals surface area contributed by atoms with E-state index >= 15 is 0 Å². The van der Waals surface area contributed by atoms with Gasteiger partial charge in [0.05, 0.1) is 6.54 Å². The lowest BCUT2D eigenvalue weighted by Crippen LogP contribution is -2.26. The highest BCUT2D eigenvalue weighted by atomic mass is 15.1. The Kier molecular flexibility index (Phi) is 2.90. The van der Waals surface area contributed by atoms with Crippen molar-refractivity contribution in [2.24, 2.45) is 5.11 Å². The molecule has 0 fully saturated rings. The number of rotatable bonds is 2. The number of fused-ring (bicyclic) bond motifs is 1. The van der Waals surface area contributed by atoms with Gasteiger partial charge >= 0.3 is 0 Å². The summed E-state index contributed by atoms with van der Waals surface area (Å²) in [7, 11) is 2.14. The predicted molar refractivity (Wildman–Crippen MR) is 59.3 cm³/mol. The molecule has 15 heavy (non-hydrogen) atoms. The quantitative estimate of drug-likeness (QED) is 0.413. The van der Waals surface area contributed by atoms with E-state index in [4.69, 9.17) is 5.53 Å². The van der Waals surface area contributed by atoms with Gasteiger partial charge in [0.1, 0.15) is 0 Å². The zero-order valence-corrected chi connectivity index (χ0v) is 8.85. The van der Waals surface area contributed by atoms with Gasteiger partial charge in [0.15, 0.2) is 0 Å². The van der Waals surface area contributed by atoms with Crippen molar-refractivity contribution in [2.45, 2.75) is 19.5 Å². The maximum Gasteiger partial charge on any atom is 0.0510 e. The van der Waals surface area contributed by atoms with Crippen molar-refractivity contribution in [1.29, 1.82) is 0 Å². The molecule has 1 aromatic carbocycles. The van der Waals surface area contributed by atoms with Gasteiger partial charge in [-0.3, -0.25) is 0 Å². The van der Waals surface area contributed by atoms with Gasteiger partial charge in [0.2, 0.25) is 0 Å². The predicted octanol–water partition coefficient (Wildman–Crippen LogP) is 2.48. The maximum absolute atomic E-state index is 8.25. The molecule has 4 nitrogen and oxygen atoms in total. The van der Waals surface area contributed by atoms with Gasteiger partial charge in [-0.15, -0.1) is 0 Å². The molecule has 0 aliphatic carbocycles. The highest BCUT2D eigenvalue weighted by molar-refractivity contribution is 5.33. The monoisotopic (exact) mass is 202 g/mol. The minimum Gasteiger partial charge on any atom is -0.302 e. The number of azide groups is 1. The standard InChI is InChI=1S/C11H14N4/c1-15-5-4-10-6-9(7-13-14-12)2-3-11(10)8-15/h2-3,6H,4-5,7-8H2,1H3. The first-order valence-corrected chi connectivity index (χ1v) is 5.09. The summed E-state index contributed by atoms with van der Waals surface area (Å²) >= 11 is 0. The lowest BCUT2D eigenvalue weighted by molar-refractivity contribution is 0.313. The molecule has 1 heterocycles. The third-order valence-electron chi connectivity index (χ3n) is 2.79. The molecule has 0 spiro atoms. The fraction of sp³-hybridized carbons (Fsp3) is 0.455. The van der Waals surface area contributed by atoms with Gasteiger partial charge in [0, 0.05) is 18.0 Å². The van der Waals surface area contributed by atoms with E-state index in [1.54, 1.807) is 0 Å². The summed E-state index contributed by atoms with van der Waals surface area (Å²) in [5.74, 6) is 0. The van der Waals surface area contributed by atoms with Crippen LogP contribution >= 0.6 is 0 Å². The van der Waals surface area contributed by atoms with Crippen molar-refractivity contribution in [3.05, 3.63) is 45.3 Å². The van der Waals surface area contributed by atoms with Crippen LogP contribution in [0.15, 0.2) is 23.3 Å². The molecule has 0 bridgehead atoms. The summed E-state index contributed by atoms with van der Waals surface area (Å²) in [4.78, 5) is 5.09. The lowest BCUT2D eigenvalue weighted by atomic mass is 9.98. The van der Waals surface area contributed by atoms with Crippen LogP contribution in [-0.4, -0.2) is 18.5 Å². The van der Waals surface area contributed by atoms with E-state index in [1.807, 2.05) is 6.07 Å². The zero-order valence-electron chi connectivity index (χ0n) is 8.85. The summed E-state index contributed by atoms with van der Waals surface area (Å²) < 4.78 is 0. The Morgan fingerprint density at radius 2 is 2.33 bits per heavy atom. The number of nitrogens with zero attached hydrogens (tertiary/aromatic N) is 4. The molecule has 0 amide bonds. The lowest BCUT2D eigenvalue weighted by Gasteiger charge is -2.25. The van der Waals surface area contributed by atoms with Crippen LogP contribution in [0, 0.1) is 0 Å². The molecular weight excluding hydrogens is 188 g/mol. The maximum atomic E-state index is 8.25. The average Bonchev–Trinajstić information content (AvgIpc) is 2.26. The van der Waals surface area contributed by atoms with Crippen LogP contribution in [0.4, 0.5) is 0 Å². The summed E-state index contributed by atoms with van der Waals surface area (Å²) in [5.41, 5.74) is 12.2. The number of benzene rings is 1. The molecule has 0 saturated carbocycles. The van der Waals surface area contributed by atoms with Crippen LogP contribution in [-0.2, 0) is 19.5 Å². The van der Waals surface area contributed by atoms with E-state index in [0.29, 0.717) is 6.54 Å². The van der Waals surface area contributed by atoms with Crippen molar-refractivity contribution in [3.8, 4) is 0 Å². The summed E-state index contributed by atoms with van der Waals surface area (Å²) in [5, 5.41) is 3.58. The fourth-order valence-corrected chi connectivity index (χ4v) is 1.96. The third kappa shape index (κ3) is 2.29. The van der Waals surface area contributed by atoms with Crippen LogP contribution in [0.1, 0.15) is 16.7 Å². The van der Waals surface area contributed by atoms with Gasteiger partial charge in [-0.2, -0.15) is 0 Å². The summed E-state index contributed by atoms with van der Waals surface area (Å²) in [6.45, 7) is 2.59. The Morgan fingerprint density at radius 3 is 3.13 bits per heavy atom. The molecule has 1 aliphatic rings. The molecule has 4 heteroatoms. The molecule has 1 aromatic rings.